The molecule has 2 rings (SSSR count). The molecule has 0 radical (unpaired) electrons. The van der Waals surface area contributed by atoms with Gasteiger partial charge in [-0.1, -0.05) is 24.3 Å². The second-order valence-corrected chi connectivity index (χ2v) is 4.85. The van der Waals surface area contributed by atoms with Crippen LogP contribution in [0.3, 0.4) is 0 Å². The summed E-state index contributed by atoms with van der Waals surface area (Å²) in [5.74, 6) is 0. The quantitative estimate of drug-likeness (QED) is 0.842. The monoisotopic (exact) mass is 236 g/mol. The molecule has 0 amide bonds. The third-order valence-corrected chi connectivity index (χ3v) is 3.73. The molecular weight excluding hydrogens is 215 g/mol. The smallest absolute Gasteiger partial charge is 0.138 e. The fourth-order valence-electron chi connectivity index (χ4n) is 2.37. The van der Waals surface area contributed by atoms with Crippen molar-refractivity contribution < 1.29 is 4.39 Å². The lowest BCUT2D eigenvalue weighted by Crippen LogP contribution is -2.36. The van der Waals surface area contributed by atoms with E-state index in [0.717, 1.165) is 24.2 Å². The molecule has 2 N–H and O–H groups in total. The van der Waals surface area contributed by atoms with Crippen LogP contribution >= 0.6 is 0 Å². The zero-order chi connectivity index (χ0) is 12.3. The van der Waals surface area contributed by atoms with E-state index in [4.69, 9.17) is 0 Å². The summed E-state index contributed by atoms with van der Waals surface area (Å²) in [5.41, 5.74) is 0.841. The minimum atomic E-state index is -1.14. The summed E-state index contributed by atoms with van der Waals surface area (Å²) < 4.78 is 14.8. The maximum atomic E-state index is 14.8. The predicted molar refractivity (Wildman–Crippen MR) is 68.8 cm³/mol. The lowest BCUT2D eigenvalue weighted by Gasteiger charge is -2.31. The molecule has 0 aromatic heterocycles. The van der Waals surface area contributed by atoms with Crippen LogP contribution in [0.5, 0.6) is 0 Å². The van der Waals surface area contributed by atoms with Gasteiger partial charge in [0.15, 0.2) is 0 Å². The molecule has 1 aliphatic rings. The van der Waals surface area contributed by atoms with Gasteiger partial charge in [-0.3, -0.25) is 0 Å². The van der Waals surface area contributed by atoms with Crippen LogP contribution in [0.1, 0.15) is 36.9 Å². The average molecular weight is 236 g/mol. The molecule has 1 saturated heterocycles. The molecule has 3 heteroatoms. The zero-order valence-electron chi connectivity index (χ0n) is 10.6. The molecule has 0 spiro atoms. The summed E-state index contributed by atoms with van der Waals surface area (Å²) in [5, 5.41) is 6.39. The lowest BCUT2D eigenvalue weighted by molar-refractivity contribution is 0.115. The van der Waals surface area contributed by atoms with E-state index in [-0.39, 0.29) is 6.04 Å². The molecular formula is C14H21FN2. The highest BCUT2D eigenvalue weighted by atomic mass is 19.1. The van der Waals surface area contributed by atoms with Crippen molar-refractivity contribution in [2.75, 3.05) is 20.1 Å². The first kappa shape index (κ1) is 12.5. The van der Waals surface area contributed by atoms with Crippen LogP contribution in [0.25, 0.3) is 0 Å². The van der Waals surface area contributed by atoms with Crippen molar-refractivity contribution in [2.45, 2.75) is 31.5 Å². The Morgan fingerprint density at radius 3 is 2.71 bits per heavy atom. The molecule has 1 aliphatic heterocycles. The standard InChI is InChI=1S/C14H21FN2/c1-11(16-2)12-4-3-5-13(10-12)14(15)6-8-17-9-7-14/h3-5,10-11,16-17H,6-9H2,1-2H3. The van der Waals surface area contributed by atoms with Crippen LogP contribution in [-0.2, 0) is 5.67 Å². The van der Waals surface area contributed by atoms with Gasteiger partial charge in [0.05, 0.1) is 0 Å². The van der Waals surface area contributed by atoms with Crippen molar-refractivity contribution in [1.82, 2.24) is 10.6 Å². The van der Waals surface area contributed by atoms with Crippen LogP contribution < -0.4 is 10.6 Å². The first-order valence-electron chi connectivity index (χ1n) is 6.33. The summed E-state index contributed by atoms with van der Waals surface area (Å²) in [6, 6.07) is 8.20. The summed E-state index contributed by atoms with van der Waals surface area (Å²) in [6.45, 7) is 3.62. The Bertz CT molecular complexity index is 372. The minimum absolute atomic E-state index is 0.264. The van der Waals surface area contributed by atoms with Gasteiger partial charge in [-0.25, -0.2) is 4.39 Å². The normalized spacial score (nSPS) is 21.1. The average Bonchev–Trinajstić information content (AvgIpc) is 2.39. The Morgan fingerprint density at radius 1 is 1.35 bits per heavy atom. The van der Waals surface area contributed by atoms with Crippen molar-refractivity contribution in [3.63, 3.8) is 0 Å². The number of rotatable bonds is 3. The van der Waals surface area contributed by atoms with Crippen LogP contribution in [0.4, 0.5) is 4.39 Å². The van der Waals surface area contributed by atoms with Gasteiger partial charge < -0.3 is 10.6 Å². The number of hydrogen-bond acceptors (Lipinski definition) is 2. The number of halogens is 1. The van der Waals surface area contributed by atoms with Crippen molar-refractivity contribution in [1.29, 1.82) is 0 Å². The van der Waals surface area contributed by atoms with E-state index >= 15 is 0 Å². The molecule has 0 saturated carbocycles. The van der Waals surface area contributed by atoms with Gasteiger partial charge in [-0.15, -0.1) is 0 Å². The van der Waals surface area contributed by atoms with Crippen molar-refractivity contribution in [3.8, 4) is 0 Å². The maximum absolute atomic E-state index is 14.8. The highest BCUT2D eigenvalue weighted by molar-refractivity contribution is 5.30. The third-order valence-electron chi connectivity index (χ3n) is 3.73. The van der Waals surface area contributed by atoms with E-state index in [2.05, 4.69) is 23.6 Å². The van der Waals surface area contributed by atoms with Gasteiger partial charge in [0.1, 0.15) is 5.67 Å². The summed E-state index contributed by atoms with van der Waals surface area (Å²) in [7, 11) is 1.92. The van der Waals surface area contributed by atoms with Gasteiger partial charge in [-0.2, -0.15) is 0 Å². The topological polar surface area (TPSA) is 24.1 Å². The molecule has 2 nitrogen and oxygen atoms in total. The molecule has 1 unspecified atom stereocenters. The number of alkyl halides is 1. The van der Waals surface area contributed by atoms with E-state index < -0.39 is 5.67 Å². The number of benzene rings is 1. The van der Waals surface area contributed by atoms with Gasteiger partial charge in [-0.05, 0) is 51.0 Å². The van der Waals surface area contributed by atoms with Crippen molar-refractivity contribution in [2.24, 2.45) is 0 Å². The highest BCUT2D eigenvalue weighted by Crippen LogP contribution is 2.35. The van der Waals surface area contributed by atoms with E-state index in [1.807, 2.05) is 25.2 Å². The van der Waals surface area contributed by atoms with E-state index in [0.29, 0.717) is 12.8 Å². The lowest BCUT2D eigenvalue weighted by atomic mass is 9.85. The third kappa shape index (κ3) is 2.67. The van der Waals surface area contributed by atoms with Crippen molar-refractivity contribution >= 4 is 0 Å². The Kier molecular flexibility index (Phi) is 3.79. The first-order chi connectivity index (χ1) is 8.15. The molecule has 0 aliphatic carbocycles. The molecule has 1 atom stereocenters. The summed E-state index contributed by atoms with van der Waals surface area (Å²) in [6.07, 6.45) is 1.15. The van der Waals surface area contributed by atoms with E-state index in [1.54, 1.807) is 0 Å². The molecule has 1 heterocycles. The Balaban J connectivity index is 2.25. The highest BCUT2D eigenvalue weighted by Gasteiger charge is 2.33. The molecule has 1 aromatic rings. The molecule has 0 bridgehead atoms. The Morgan fingerprint density at radius 2 is 2.06 bits per heavy atom. The predicted octanol–water partition coefficient (Wildman–Crippen LogP) is 2.52. The van der Waals surface area contributed by atoms with Crippen LogP contribution in [0, 0.1) is 0 Å². The fourth-order valence-corrected chi connectivity index (χ4v) is 2.37. The zero-order valence-corrected chi connectivity index (χ0v) is 10.6. The maximum Gasteiger partial charge on any atom is 0.138 e. The SMILES string of the molecule is CNC(C)c1cccc(C2(F)CCNCC2)c1. The van der Waals surface area contributed by atoms with Gasteiger partial charge >= 0.3 is 0 Å². The van der Waals surface area contributed by atoms with Gasteiger partial charge in [0, 0.05) is 6.04 Å². The largest absolute Gasteiger partial charge is 0.316 e. The second-order valence-electron chi connectivity index (χ2n) is 4.85. The van der Waals surface area contributed by atoms with E-state index in [1.165, 1.54) is 0 Å². The Hall–Kier alpha value is -0.930. The summed E-state index contributed by atoms with van der Waals surface area (Å²) >= 11 is 0. The minimum Gasteiger partial charge on any atom is -0.316 e. The summed E-state index contributed by atoms with van der Waals surface area (Å²) in [4.78, 5) is 0. The van der Waals surface area contributed by atoms with Gasteiger partial charge in [0.25, 0.3) is 0 Å². The van der Waals surface area contributed by atoms with Crippen LogP contribution in [-0.4, -0.2) is 20.1 Å². The van der Waals surface area contributed by atoms with Crippen molar-refractivity contribution in [3.05, 3.63) is 35.4 Å². The molecule has 17 heavy (non-hydrogen) atoms. The molecule has 1 fully saturated rings. The number of nitrogens with one attached hydrogen (secondary N) is 2. The fraction of sp³-hybridized carbons (Fsp3) is 0.571. The Labute approximate surface area is 103 Å². The van der Waals surface area contributed by atoms with Crippen LogP contribution in [0.15, 0.2) is 24.3 Å². The number of piperidine rings is 1. The first-order valence-corrected chi connectivity index (χ1v) is 6.33. The second kappa shape index (κ2) is 5.15. The molecule has 94 valence electrons. The molecule has 1 aromatic carbocycles. The van der Waals surface area contributed by atoms with Gasteiger partial charge in [0.2, 0.25) is 0 Å². The van der Waals surface area contributed by atoms with Crippen LogP contribution in [0.2, 0.25) is 0 Å². The van der Waals surface area contributed by atoms with E-state index in [9.17, 15) is 4.39 Å². The number of hydrogen-bond donors (Lipinski definition) is 2.